The van der Waals surface area contributed by atoms with Crippen molar-refractivity contribution in [2.24, 2.45) is 0 Å². The van der Waals surface area contributed by atoms with Gasteiger partial charge in [-0.15, -0.1) is 0 Å². The molecule has 2 atom stereocenters. The molecular formula is C8H7FN2O2. The number of rotatable bonds is 2. The molecule has 1 rings (SSSR count). The Balaban J connectivity index is 2.90. The second-order valence-electron chi connectivity index (χ2n) is 2.46. The Morgan fingerprint density at radius 2 is 2.15 bits per heavy atom. The van der Waals surface area contributed by atoms with Crippen LogP contribution in [-0.2, 0) is 0 Å². The zero-order valence-corrected chi connectivity index (χ0v) is 6.55. The van der Waals surface area contributed by atoms with Crippen molar-refractivity contribution >= 4 is 0 Å². The molecule has 0 fully saturated rings. The number of pyridine rings is 1. The third-order valence-corrected chi connectivity index (χ3v) is 1.50. The average molecular weight is 182 g/mol. The Bertz CT molecular complexity index is 337. The first-order valence-corrected chi connectivity index (χ1v) is 3.51. The summed E-state index contributed by atoms with van der Waals surface area (Å²) >= 11 is 0. The normalized spacial score (nSPS) is 14.6. The van der Waals surface area contributed by atoms with E-state index in [4.69, 9.17) is 10.4 Å². The molecule has 0 aliphatic rings. The van der Waals surface area contributed by atoms with Gasteiger partial charge in [-0.2, -0.15) is 5.26 Å². The molecule has 68 valence electrons. The summed E-state index contributed by atoms with van der Waals surface area (Å²) in [6.45, 7) is 0. The summed E-state index contributed by atoms with van der Waals surface area (Å²) in [5.74, 6) is -0.623. The molecule has 0 aliphatic carbocycles. The molecule has 1 aromatic heterocycles. The van der Waals surface area contributed by atoms with E-state index < -0.39 is 18.0 Å². The van der Waals surface area contributed by atoms with Crippen molar-refractivity contribution < 1.29 is 14.6 Å². The van der Waals surface area contributed by atoms with Gasteiger partial charge in [0.2, 0.25) is 0 Å². The number of aliphatic hydroxyl groups excluding tert-OH is 2. The fourth-order valence-electron chi connectivity index (χ4n) is 0.843. The lowest BCUT2D eigenvalue weighted by molar-refractivity contribution is 0.0523. The van der Waals surface area contributed by atoms with E-state index in [1.807, 2.05) is 0 Å². The Morgan fingerprint density at radius 1 is 1.46 bits per heavy atom. The van der Waals surface area contributed by atoms with Crippen molar-refractivity contribution in [2.75, 3.05) is 0 Å². The van der Waals surface area contributed by atoms with Gasteiger partial charge in [0.25, 0.3) is 0 Å². The van der Waals surface area contributed by atoms with Crippen LogP contribution in [0.4, 0.5) is 4.39 Å². The number of nitrogens with zero attached hydrogens (tertiary/aromatic N) is 2. The third kappa shape index (κ3) is 2.21. The Kier molecular flexibility index (Phi) is 2.90. The van der Waals surface area contributed by atoms with Crippen LogP contribution in [0.1, 0.15) is 11.7 Å². The summed E-state index contributed by atoms with van der Waals surface area (Å²) in [4.78, 5) is 3.47. The Morgan fingerprint density at radius 3 is 2.69 bits per heavy atom. The van der Waals surface area contributed by atoms with Crippen LogP contribution >= 0.6 is 0 Å². The van der Waals surface area contributed by atoms with Gasteiger partial charge in [0.05, 0.1) is 12.3 Å². The van der Waals surface area contributed by atoms with Crippen LogP contribution in [0.5, 0.6) is 0 Å². The zero-order chi connectivity index (χ0) is 9.84. The maximum atomic E-state index is 12.6. The van der Waals surface area contributed by atoms with E-state index in [2.05, 4.69) is 4.98 Å². The molecule has 5 heteroatoms. The van der Waals surface area contributed by atoms with Gasteiger partial charge in [-0.25, -0.2) is 4.39 Å². The van der Waals surface area contributed by atoms with E-state index in [0.717, 1.165) is 12.3 Å². The van der Waals surface area contributed by atoms with Crippen LogP contribution < -0.4 is 0 Å². The molecule has 1 heterocycles. The van der Waals surface area contributed by atoms with Crippen molar-refractivity contribution in [3.8, 4) is 6.07 Å². The molecule has 0 aromatic carbocycles. The van der Waals surface area contributed by atoms with Crippen molar-refractivity contribution in [1.29, 1.82) is 5.26 Å². The first-order chi connectivity index (χ1) is 6.15. The molecule has 0 radical (unpaired) electrons. The van der Waals surface area contributed by atoms with E-state index in [-0.39, 0.29) is 5.56 Å². The monoisotopic (exact) mass is 182 g/mol. The van der Waals surface area contributed by atoms with Crippen LogP contribution in [0, 0.1) is 17.1 Å². The van der Waals surface area contributed by atoms with Gasteiger partial charge in [0, 0.05) is 11.8 Å². The number of nitriles is 1. The smallest absolute Gasteiger partial charge is 0.170 e. The second kappa shape index (κ2) is 3.94. The highest BCUT2D eigenvalue weighted by Crippen LogP contribution is 2.15. The summed E-state index contributed by atoms with van der Waals surface area (Å²) in [6.07, 6.45) is -0.833. The Labute approximate surface area is 73.9 Å². The molecule has 13 heavy (non-hydrogen) atoms. The largest absolute Gasteiger partial charge is 0.384 e. The lowest BCUT2D eigenvalue weighted by Gasteiger charge is -2.10. The number of halogens is 1. The zero-order valence-electron chi connectivity index (χ0n) is 6.55. The van der Waals surface area contributed by atoms with Crippen LogP contribution in [0.15, 0.2) is 18.5 Å². The van der Waals surface area contributed by atoms with Gasteiger partial charge >= 0.3 is 0 Å². The maximum Gasteiger partial charge on any atom is 0.170 e. The molecule has 1 aromatic rings. The van der Waals surface area contributed by atoms with Gasteiger partial charge < -0.3 is 10.2 Å². The molecule has 0 saturated heterocycles. The third-order valence-electron chi connectivity index (χ3n) is 1.50. The van der Waals surface area contributed by atoms with Crippen molar-refractivity contribution in [3.05, 3.63) is 29.8 Å². The average Bonchev–Trinajstić information content (AvgIpc) is 2.15. The molecular weight excluding hydrogens is 175 g/mol. The van der Waals surface area contributed by atoms with E-state index in [1.165, 1.54) is 12.3 Å². The number of aromatic nitrogens is 1. The highest BCUT2D eigenvalue weighted by molar-refractivity contribution is 5.16. The molecule has 0 bridgehead atoms. The molecule has 0 spiro atoms. The quantitative estimate of drug-likeness (QED) is 0.637. The van der Waals surface area contributed by atoms with Gasteiger partial charge in [-0.3, -0.25) is 4.98 Å². The molecule has 2 unspecified atom stereocenters. The van der Waals surface area contributed by atoms with E-state index >= 15 is 0 Å². The van der Waals surface area contributed by atoms with Crippen LogP contribution in [0.2, 0.25) is 0 Å². The van der Waals surface area contributed by atoms with Crippen molar-refractivity contribution in [2.45, 2.75) is 12.2 Å². The molecule has 2 N–H and O–H groups in total. The van der Waals surface area contributed by atoms with Gasteiger partial charge in [0.15, 0.2) is 6.10 Å². The van der Waals surface area contributed by atoms with E-state index in [0.29, 0.717) is 0 Å². The molecule has 4 nitrogen and oxygen atoms in total. The standard InChI is InChI=1S/C8H7FN2O2/c9-6-1-5(3-11-4-6)8(13)7(12)2-10/h1,3-4,7-8,12-13H. The predicted octanol–water partition coefficient (Wildman–Crippen LogP) is 0.139. The van der Waals surface area contributed by atoms with Crippen LogP contribution in [0.3, 0.4) is 0 Å². The predicted molar refractivity (Wildman–Crippen MR) is 40.8 cm³/mol. The highest BCUT2D eigenvalue weighted by Gasteiger charge is 2.18. The minimum absolute atomic E-state index is 0.0778. The highest BCUT2D eigenvalue weighted by atomic mass is 19.1. The van der Waals surface area contributed by atoms with Gasteiger partial charge in [-0.05, 0) is 6.07 Å². The summed E-state index contributed by atoms with van der Waals surface area (Å²) in [5.41, 5.74) is 0.0778. The lowest BCUT2D eigenvalue weighted by Crippen LogP contribution is -2.16. The minimum Gasteiger partial charge on any atom is -0.384 e. The van der Waals surface area contributed by atoms with Crippen LogP contribution in [-0.4, -0.2) is 21.3 Å². The topological polar surface area (TPSA) is 77.1 Å². The van der Waals surface area contributed by atoms with Gasteiger partial charge in [-0.1, -0.05) is 0 Å². The second-order valence-corrected chi connectivity index (χ2v) is 2.46. The summed E-state index contributed by atoms with van der Waals surface area (Å²) < 4.78 is 12.6. The Hall–Kier alpha value is -1.51. The summed E-state index contributed by atoms with van der Waals surface area (Å²) in [6, 6.07) is 2.45. The lowest BCUT2D eigenvalue weighted by atomic mass is 10.1. The maximum absolute atomic E-state index is 12.6. The number of aliphatic hydroxyl groups is 2. The SMILES string of the molecule is N#CC(O)C(O)c1cncc(F)c1. The number of hydrogen-bond donors (Lipinski definition) is 2. The first kappa shape index (κ1) is 9.58. The first-order valence-electron chi connectivity index (χ1n) is 3.51. The minimum atomic E-state index is -1.57. The van der Waals surface area contributed by atoms with Gasteiger partial charge in [0.1, 0.15) is 11.9 Å². The summed E-state index contributed by atoms with van der Waals surface area (Å²) in [5, 5.41) is 26.4. The van der Waals surface area contributed by atoms with Crippen molar-refractivity contribution in [3.63, 3.8) is 0 Å². The van der Waals surface area contributed by atoms with E-state index in [1.54, 1.807) is 0 Å². The molecule has 0 saturated carbocycles. The fraction of sp³-hybridized carbons (Fsp3) is 0.250. The fourth-order valence-corrected chi connectivity index (χ4v) is 0.843. The van der Waals surface area contributed by atoms with E-state index in [9.17, 15) is 9.50 Å². The van der Waals surface area contributed by atoms with Crippen molar-refractivity contribution in [1.82, 2.24) is 4.98 Å². The summed E-state index contributed by atoms with van der Waals surface area (Å²) in [7, 11) is 0. The number of hydrogen-bond acceptors (Lipinski definition) is 4. The molecule has 0 aliphatic heterocycles. The van der Waals surface area contributed by atoms with Crippen LogP contribution in [0.25, 0.3) is 0 Å². The molecule has 0 amide bonds.